The lowest BCUT2D eigenvalue weighted by molar-refractivity contribution is 0.178. The SMILES string of the molecule is COC(=O)NS(=O)(=O)/C(C)=C\c1ccccc1. The third-order valence-corrected chi connectivity index (χ3v) is 3.40. The van der Waals surface area contributed by atoms with Crippen molar-refractivity contribution in [2.75, 3.05) is 7.11 Å². The van der Waals surface area contributed by atoms with Crippen molar-refractivity contribution in [3.05, 3.63) is 40.8 Å². The number of carbonyl (C=O) groups is 1. The van der Waals surface area contributed by atoms with E-state index in [1.165, 1.54) is 13.0 Å². The van der Waals surface area contributed by atoms with Gasteiger partial charge in [0.2, 0.25) is 0 Å². The second-order valence-corrected chi connectivity index (χ2v) is 5.12. The van der Waals surface area contributed by atoms with Crippen LogP contribution in [0.3, 0.4) is 0 Å². The van der Waals surface area contributed by atoms with Crippen molar-refractivity contribution in [3.63, 3.8) is 0 Å². The Morgan fingerprint density at radius 1 is 1.29 bits per heavy atom. The average Bonchev–Trinajstić information content (AvgIpc) is 2.29. The van der Waals surface area contributed by atoms with Gasteiger partial charge in [-0.1, -0.05) is 30.3 Å². The summed E-state index contributed by atoms with van der Waals surface area (Å²) in [5, 5.41) is 0. The number of allylic oxidation sites excluding steroid dienone is 1. The van der Waals surface area contributed by atoms with E-state index in [9.17, 15) is 13.2 Å². The van der Waals surface area contributed by atoms with Crippen LogP contribution in [0, 0.1) is 0 Å². The largest absolute Gasteiger partial charge is 0.452 e. The fourth-order valence-corrected chi connectivity index (χ4v) is 1.85. The Morgan fingerprint density at radius 3 is 2.41 bits per heavy atom. The smallest absolute Gasteiger partial charge is 0.420 e. The number of methoxy groups -OCH3 is 1. The maximum Gasteiger partial charge on any atom is 0.420 e. The minimum atomic E-state index is -3.83. The first-order valence-electron chi connectivity index (χ1n) is 4.80. The molecule has 1 aromatic carbocycles. The number of nitrogens with one attached hydrogen (secondary N) is 1. The summed E-state index contributed by atoms with van der Waals surface area (Å²) in [7, 11) is -2.73. The first-order valence-corrected chi connectivity index (χ1v) is 6.28. The molecule has 0 unspecified atom stereocenters. The third-order valence-electron chi connectivity index (χ3n) is 2.00. The molecule has 1 rings (SSSR count). The fraction of sp³-hybridized carbons (Fsp3) is 0.182. The highest BCUT2D eigenvalue weighted by Gasteiger charge is 2.16. The molecule has 1 N–H and O–H groups in total. The summed E-state index contributed by atoms with van der Waals surface area (Å²) >= 11 is 0. The first-order chi connectivity index (χ1) is 7.95. The topological polar surface area (TPSA) is 72.5 Å². The van der Waals surface area contributed by atoms with Gasteiger partial charge in [-0.25, -0.2) is 17.9 Å². The minimum absolute atomic E-state index is 0.0362. The van der Waals surface area contributed by atoms with E-state index in [1.807, 2.05) is 6.07 Å². The van der Waals surface area contributed by atoms with E-state index in [-0.39, 0.29) is 4.91 Å². The lowest BCUT2D eigenvalue weighted by Crippen LogP contribution is -2.30. The van der Waals surface area contributed by atoms with Gasteiger partial charge < -0.3 is 4.74 Å². The Hall–Kier alpha value is -1.82. The Labute approximate surface area is 100 Å². The van der Waals surface area contributed by atoms with Gasteiger partial charge in [-0.15, -0.1) is 0 Å². The van der Waals surface area contributed by atoms with Crippen LogP contribution in [-0.2, 0) is 14.8 Å². The van der Waals surface area contributed by atoms with Gasteiger partial charge in [0.15, 0.2) is 0 Å². The van der Waals surface area contributed by atoms with Gasteiger partial charge in [0.25, 0.3) is 10.0 Å². The number of sulfonamides is 1. The van der Waals surface area contributed by atoms with Crippen LogP contribution in [0.1, 0.15) is 12.5 Å². The molecular weight excluding hydrogens is 242 g/mol. The summed E-state index contributed by atoms with van der Waals surface area (Å²) in [5.74, 6) is 0. The van der Waals surface area contributed by atoms with E-state index >= 15 is 0 Å². The Balaban J connectivity index is 2.93. The van der Waals surface area contributed by atoms with Crippen LogP contribution in [0.5, 0.6) is 0 Å². The van der Waals surface area contributed by atoms with Gasteiger partial charge in [0.05, 0.1) is 12.0 Å². The van der Waals surface area contributed by atoms with Gasteiger partial charge in [0.1, 0.15) is 0 Å². The number of ether oxygens (including phenoxy) is 1. The summed E-state index contributed by atoms with van der Waals surface area (Å²) in [4.78, 5) is 10.9. The highest BCUT2D eigenvalue weighted by Crippen LogP contribution is 2.10. The van der Waals surface area contributed by atoms with Crippen LogP contribution in [0.25, 0.3) is 6.08 Å². The zero-order valence-electron chi connectivity index (χ0n) is 9.51. The molecule has 5 nitrogen and oxygen atoms in total. The van der Waals surface area contributed by atoms with Crippen molar-refractivity contribution in [2.24, 2.45) is 0 Å². The number of benzene rings is 1. The molecule has 0 fully saturated rings. The van der Waals surface area contributed by atoms with Gasteiger partial charge in [-0.3, -0.25) is 0 Å². The molecular formula is C11H13NO4S. The monoisotopic (exact) mass is 255 g/mol. The molecule has 17 heavy (non-hydrogen) atoms. The van der Waals surface area contributed by atoms with Crippen molar-refractivity contribution < 1.29 is 17.9 Å². The number of hydrogen-bond donors (Lipinski definition) is 1. The normalized spacial score (nSPS) is 12.0. The van der Waals surface area contributed by atoms with E-state index in [2.05, 4.69) is 4.74 Å². The van der Waals surface area contributed by atoms with Gasteiger partial charge in [-0.2, -0.15) is 0 Å². The highest BCUT2D eigenvalue weighted by molar-refractivity contribution is 7.94. The summed E-state index contributed by atoms with van der Waals surface area (Å²) in [6.07, 6.45) is 0.455. The molecule has 0 saturated heterocycles. The number of rotatable bonds is 3. The molecule has 0 heterocycles. The van der Waals surface area contributed by atoms with E-state index in [4.69, 9.17) is 0 Å². The predicted octanol–water partition coefficient (Wildman–Crippen LogP) is 1.73. The van der Waals surface area contributed by atoms with E-state index < -0.39 is 16.1 Å². The van der Waals surface area contributed by atoms with E-state index in [0.29, 0.717) is 0 Å². The van der Waals surface area contributed by atoms with E-state index in [0.717, 1.165) is 12.7 Å². The first kappa shape index (κ1) is 13.2. The maximum atomic E-state index is 11.6. The summed E-state index contributed by atoms with van der Waals surface area (Å²) < 4.78 is 29.2. The molecule has 0 bridgehead atoms. The molecule has 1 amide bonds. The second-order valence-electron chi connectivity index (χ2n) is 3.26. The van der Waals surface area contributed by atoms with Gasteiger partial charge in [-0.05, 0) is 18.6 Å². The number of carbonyl (C=O) groups excluding carboxylic acids is 1. The molecule has 0 saturated carbocycles. The quantitative estimate of drug-likeness (QED) is 0.892. The fourth-order valence-electron chi connectivity index (χ4n) is 1.09. The maximum absolute atomic E-state index is 11.6. The minimum Gasteiger partial charge on any atom is -0.452 e. The Morgan fingerprint density at radius 2 is 1.88 bits per heavy atom. The van der Waals surface area contributed by atoms with Crippen LogP contribution >= 0.6 is 0 Å². The number of amides is 1. The molecule has 0 aliphatic heterocycles. The van der Waals surface area contributed by atoms with Crippen molar-refractivity contribution in [2.45, 2.75) is 6.92 Å². The van der Waals surface area contributed by atoms with Crippen molar-refractivity contribution >= 4 is 22.2 Å². The zero-order chi connectivity index (χ0) is 12.9. The molecule has 1 aromatic rings. The molecule has 92 valence electrons. The molecule has 0 spiro atoms. The molecule has 0 aliphatic rings. The van der Waals surface area contributed by atoms with Gasteiger partial charge >= 0.3 is 6.09 Å². The second kappa shape index (κ2) is 5.49. The molecule has 6 heteroatoms. The van der Waals surface area contributed by atoms with Gasteiger partial charge in [0, 0.05) is 0 Å². The Bertz CT molecular complexity index is 520. The van der Waals surface area contributed by atoms with Crippen LogP contribution in [0.4, 0.5) is 4.79 Å². The lowest BCUT2D eigenvalue weighted by atomic mass is 10.2. The summed E-state index contributed by atoms with van der Waals surface area (Å²) in [6.45, 7) is 1.40. The van der Waals surface area contributed by atoms with Crippen LogP contribution in [0.2, 0.25) is 0 Å². The third kappa shape index (κ3) is 3.92. The standard InChI is InChI=1S/C11H13NO4S/c1-9(8-10-6-4-3-5-7-10)17(14,15)12-11(13)16-2/h3-8H,1-2H3,(H,12,13)/b9-8-. The van der Waals surface area contributed by atoms with Crippen molar-refractivity contribution in [1.82, 2.24) is 4.72 Å². The summed E-state index contributed by atoms with van der Waals surface area (Å²) in [6, 6.07) is 8.93. The molecule has 0 radical (unpaired) electrons. The lowest BCUT2D eigenvalue weighted by Gasteiger charge is -2.05. The van der Waals surface area contributed by atoms with Crippen molar-refractivity contribution in [3.8, 4) is 0 Å². The summed E-state index contributed by atoms with van der Waals surface area (Å²) in [5.41, 5.74) is 0.736. The molecule has 0 aromatic heterocycles. The predicted molar refractivity (Wildman–Crippen MR) is 64.6 cm³/mol. The zero-order valence-corrected chi connectivity index (χ0v) is 10.3. The average molecular weight is 255 g/mol. The van der Waals surface area contributed by atoms with Crippen LogP contribution in [-0.4, -0.2) is 21.6 Å². The van der Waals surface area contributed by atoms with Crippen molar-refractivity contribution in [1.29, 1.82) is 0 Å². The molecule has 0 aliphatic carbocycles. The van der Waals surface area contributed by atoms with Crippen LogP contribution < -0.4 is 4.72 Å². The van der Waals surface area contributed by atoms with Crippen LogP contribution in [0.15, 0.2) is 35.2 Å². The highest BCUT2D eigenvalue weighted by atomic mass is 32.2. The van der Waals surface area contributed by atoms with E-state index in [1.54, 1.807) is 29.0 Å². The Kier molecular flexibility index (Phi) is 4.28. The molecule has 0 atom stereocenters. The number of hydrogen-bond acceptors (Lipinski definition) is 4.